The van der Waals surface area contributed by atoms with E-state index < -0.39 is 0 Å². The number of hydrogen-bond acceptors (Lipinski definition) is 2. The van der Waals surface area contributed by atoms with Crippen LogP contribution in [0, 0.1) is 5.92 Å². The Morgan fingerprint density at radius 1 is 1.35 bits per heavy atom. The lowest BCUT2D eigenvalue weighted by Crippen LogP contribution is -2.37. The summed E-state index contributed by atoms with van der Waals surface area (Å²) in [6.07, 6.45) is 2.15. The van der Waals surface area contributed by atoms with Crippen molar-refractivity contribution in [3.63, 3.8) is 0 Å². The van der Waals surface area contributed by atoms with E-state index in [0.717, 1.165) is 36.3 Å². The lowest BCUT2D eigenvalue weighted by Gasteiger charge is -2.17. The van der Waals surface area contributed by atoms with Crippen molar-refractivity contribution in [2.75, 3.05) is 13.6 Å². The number of urea groups is 1. The predicted molar refractivity (Wildman–Crippen MR) is 93.0 cm³/mol. The van der Waals surface area contributed by atoms with Crippen molar-refractivity contribution >= 4 is 6.03 Å². The van der Waals surface area contributed by atoms with E-state index >= 15 is 0 Å². The molecule has 5 heteroatoms. The highest BCUT2D eigenvalue weighted by atomic mass is 16.2. The van der Waals surface area contributed by atoms with E-state index in [-0.39, 0.29) is 6.03 Å². The van der Waals surface area contributed by atoms with E-state index in [9.17, 15) is 4.79 Å². The lowest BCUT2D eigenvalue weighted by molar-refractivity contribution is 0.205. The van der Waals surface area contributed by atoms with Gasteiger partial charge < -0.3 is 10.2 Å². The smallest absolute Gasteiger partial charge is 0.317 e. The molecule has 0 aliphatic rings. The van der Waals surface area contributed by atoms with Crippen molar-refractivity contribution in [1.82, 2.24) is 20.4 Å². The number of carbonyl (C=O) groups excluding carboxylic acids is 1. The molecule has 0 unspecified atom stereocenters. The van der Waals surface area contributed by atoms with Gasteiger partial charge in [0.25, 0.3) is 0 Å². The summed E-state index contributed by atoms with van der Waals surface area (Å²) in [4.78, 5) is 13.7. The van der Waals surface area contributed by atoms with E-state index in [1.807, 2.05) is 36.4 Å². The van der Waals surface area contributed by atoms with Gasteiger partial charge in [0.05, 0.1) is 17.9 Å². The van der Waals surface area contributed by atoms with Crippen LogP contribution in [0.1, 0.15) is 32.4 Å². The third-order valence-corrected chi connectivity index (χ3v) is 4.06. The van der Waals surface area contributed by atoms with E-state index in [0.29, 0.717) is 12.5 Å². The topological polar surface area (TPSA) is 61.0 Å². The van der Waals surface area contributed by atoms with Crippen LogP contribution in [0.15, 0.2) is 36.4 Å². The minimum absolute atomic E-state index is 0.0517. The quantitative estimate of drug-likeness (QED) is 0.819. The van der Waals surface area contributed by atoms with Gasteiger partial charge in [-0.2, -0.15) is 5.10 Å². The maximum absolute atomic E-state index is 12.1. The van der Waals surface area contributed by atoms with Crippen LogP contribution in [0.5, 0.6) is 0 Å². The number of H-pyrrole nitrogens is 1. The molecular formula is C18H26N4O. The zero-order chi connectivity index (χ0) is 16.7. The van der Waals surface area contributed by atoms with Crippen LogP contribution in [0.3, 0.4) is 0 Å². The number of benzene rings is 1. The lowest BCUT2D eigenvalue weighted by atomic mass is 10.1. The van der Waals surface area contributed by atoms with Crippen LogP contribution in [0.4, 0.5) is 4.79 Å². The second kappa shape index (κ2) is 8.36. The maximum Gasteiger partial charge on any atom is 0.317 e. The molecule has 1 atom stereocenters. The first-order valence-corrected chi connectivity index (χ1v) is 8.18. The highest BCUT2D eigenvalue weighted by Gasteiger charge is 2.11. The van der Waals surface area contributed by atoms with Crippen LogP contribution < -0.4 is 5.32 Å². The van der Waals surface area contributed by atoms with Crippen molar-refractivity contribution in [1.29, 1.82) is 0 Å². The molecule has 1 heterocycles. The summed E-state index contributed by atoms with van der Waals surface area (Å²) < 4.78 is 0. The van der Waals surface area contributed by atoms with Crippen molar-refractivity contribution in [3.05, 3.63) is 42.1 Å². The summed E-state index contributed by atoms with van der Waals surface area (Å²) in [5.41, 5.74) is 2.88. The maximum atomic E-state index is 12.1. The average Bonchev–Trinajstić information content (AvgIpc) is 3.03. The molecule has 0 fully saturated rings. The first kappa shape index (κ1) is 17.1. The van der Waals surface area contributed by atoms with Crippen LogP contribution in [-0.4, -0.2) is 34.7 Å². The van der Waals surface area contributed by atoms with Crippen LogP contribution >= 0.6 is 0 Å². The zero-order valence-electron chi connectivity index (χ0n) is 14.2. The Bertz CT molecular complexity index is 608. The van der Waals surface area contributed by atoms with Gasteiger partial charge in [-0.25, -0.2) is 4.79 Å². The number of nitrogens with one attached hydrogen (secondary N) is 2. The molecule has 23 heavy (non-hydrogen) atoms. The third kappa shape index (κ3) is 5.13. The average molecular weight is 314 g/mol. The summed E-state index contributed by atoms with van der Waals surface area (Å²) >= 11 is 0. The first-order chi connectivity index (χ1) is 11.1. The van der Waals surface area contributed by atoms with Gasteiger partial charge in [-0.3, -0.25) is 5.10 Å². The predicted octanol–water partition coefficient (Wildman–Crippen LogP) is 3.65. The Hall–Kier alpha value is -2.30. The number of hydrogen-bond donors (Lipinski definition) is 2. The van der Waals surface area contributed by atoms with Gasteiger partial charge >= 0.3 is 6.03 Å². The van der Waals surface area contributed by atoms with Gasteiger partial charge in [0.1, 0.15) is 0 Å². The summed E-state index contributed by atoms with van der Waals surface area (Å²) in [5, 5.41) is 10.3. The highest BCUT2D eigenvalue weighted by Crippen LogP contribution is 2.17. The molecule has 124 valence electrons. The highest BCUT2D eigenvalue weighted by molar-refractivity contribution is 5.73. The van der Waals surface area contributed by atoms with Gasteiger partial charge in [0.2, 0.25) is 0 Å². The SMILES string of the molecule is CC[C@@H](C)CCNC(=O)N(C)Cc1cc(-c2ccccc2)n[nH]1. The molecule has 2 aromatic rings. The van der Waals surface area contributed by atoms with Crippen molar-refractivity contribution in [2.45, 2.75) is 33.2 Å². The molecule has 0 aliphatic carbocycles. The normalized spacial score (nSPS) is 12.0. The Balaban J connectivity index is 1.84. The second-order valence-electron chi connectivity index (χ2n) is 6.03. The Morgan fingerprint density at radius 3 is 2.78 bits per heavy atom. The first-order valence-electron chi connectivity index (χ1n) is 8.18. The van der Waals surface area contributed by atoms with E-state index in [4.69, 9.17) is 0 Å². The summed E-state index contributed by atoms with van der Waals surface area (Å²) in [5.74, 6) is 0.640. The number of aromatic amines is 1. The Kier molecular flexibility index (Phi) is 6.20. The third-order valence-electron chi connectivity index (χ3n) is 4.06. The van der Waals surface area contributed by atoms with Gasteiger partial charge in [-0.05, 0) is 18.4 Å². The summed E-state index contributed by atoms with van der Waals surface area (Å²) in [7, 11) is 1.79. The Labute approximate surface area is 138 Å². The van der Waals surface area contributed by atoms with Gasteiger partial charge in [0, 0.05) is 19.2 Å². The molecule has 2 N–H and O–H groups in total. The minimum Gasteiger partial charge on any atom is -0.338 e. The molecule has 1 aromatic heterocycles. The summed E-state index contributed by atoms with van der Waals surface area (Å²) in [6.45, 7) is 5.60. The van der Waals surface area contributed by atoms with Crippen LogP contribution in [0.25, 0.3) is 11.3 Å². The van der Waals surface area contributed by atoms with Crippen LogP contribution in [0.2, 0.25) is 0 Å². The largest absolute Gasteiger partial charge is 0.338 e. The number of carbonyl (C=O) groups is 1. The number of amides is 2. The molecule has 0 spiro atoms. The molecule has 0 aliphatic heterocycles. The number of aromatic nitrogens is 2. The zero-order valence-corrected chi connectivity index (χ0v) is 14.2. The fourth-order valence-corrected chi connectivity index (χ4v) is 2.29. The van der Waals surface area contributed by atoms with E-state index in [1.54, 1.807) is 11.9 Å². The van der Waals surface area contributed by atoms with E-state index in [2.05, 4.69) is 29.4 Å². The van der Waals surface area contributed by atoms with Gasteiger partial charge in [-0.1, -0.05) is 50.6 Å². The van der Waals surface area contributed by atoms with Crippen molar-refractivity contribution in [3.8, 4) is 11.3 Å². The van der Waals surface area contributed by atoms with Gasteiger partial charge in [0.15, 0.2) is 0 Å². The molecule has 1 aromatic carbocycles. The minimum atomic E-state index is -0.0517. The fraction of sp³-hybridized carbons (Fsp3) is 0.444. The Morgan fingerprint density at radius 2 is 2.09 bits per heavy atom. The molecule has 0 bridgehead atoms. The van der Waals surface area contributed by atoms with Gasteiger partial charge in [-0.15, -0.1) is 0 Å². The molecule has 0 radical (unpaired) electrons. The monoisotopic (exact) mass is 314 g/mol. The molecule has 2 rings (SSSR count). The second-order valence-corrected chi connectivity index (χ2v) is 6.03. The number of rotatable bonds is 7. The molecule has 2 amide bonds. The molecule has 0 saturated heterocycles. The number of nitrogens with zero attached hydrogens (tertiary/aromatic N) is 2. The molecular weight excluding hydrogens is 288 g/mol. The van der Waals surface area contributed by atoms with E-state index in [1.165, 1.54) is 0 Å². The van der Waals surface area contributed by atoms with Crippen LogP contribution in [-0.2, 0) is 6.54 Å². The van der Waals surface area contributed by atoms with Crippen molar-refractivity contribution < 1.29 is 4.79 Å². The fourth-order valence-electron chi connectivity index (χ4n) is 2.29. The summed E-state index contributed by atoms with van der Waals surface area (Å²) in [6, 6.07) is 11.9. The molecule has 5 nitrogen and oxygen atoms in total. The van der Waals surface area contributed by atoms with Crippen molar-refractivity contribution in [2.24, 2.45) is 5.92 Å². The molecule has 0 saturated carbocycles. The standard InChI is InChI=1S/C18H26N4O/c1-4-14(2)10-11-19-18(23)22(3)13-16-12-17(21-20-16)15-8-6-5-7-9-15/h5-9,12,14H,4,10-11,13H2,1-3H3,(H,19,23)(H,20,21)/t14-/m1/s1.